The summed E-state index contributed by atoms with van der Waals surface area (Å²) in [5.41, 5.74) is 5.28. The van der Waals surface area contributed by atoms with Crippen molar-refractivity contribution in [3.8, 4) is 11.3 Å². The van der Waals surface area contributed by atoms with Crippen molar-refractivity contribution in [1.82, 2.24) is 19.4 Å². The molecule has 0 unspecified atom stereocenters. The zero-order chi connectivity index (χ0) is 20.4. The highest BCUT2D eigenvalue weighted by atomic mass is 16.5. The summed E-state index contributed by atoms with van der Waals surface area (Å²) in [6.07, 6.45) is 0.826. The maximum atomic E-state index is 11.9. The molecule has 0 N–H and O–H groups in total. The molecule has 7 heteroatoms. The Hall–Kier alpha value is -3.74. The Kier molecular flexibility index (Phi) is 4.95. The fourth-order valence-corrected chi connectivity index (χ4v) is 3.23. The molecular weight excluding hydrogens is 368 g/mol. The highest BCUT2D eigenvalue weighted by Crippen LogP contribution is 2.22. The fraction of sp³-hybridized carbons (Fsp3) is 0.182. The largest absolute Gasteiger partial charge is 0.461 e. The van der Waals surface area contributed by atoms with Crippen LogP contribution in [0.3, 0.4) is 0 Å². The van der Waals surface area contributed by atoms with Crippen molar-refractivity contribution >= 4 is 17.8 Å². The van der Waals surface area contributed by atoms with Gasteiger partial charge in [0.15, 0.2) is 5.69 Å². The van der Waals surface area contributed by atoms with Gasteiger partial charge in [-0.1, -0.05) is 24.3 Å². The summed E-state index contributed by atoms with van der Waals surface area (Å²) in [5.74, 6) is -0.427. The van der Waals surface area contributed by atoms with Gasteiger partial charge in [-0.25, -0.2) is 9.31 Å². The summed E-state index contributed by atoms with van der Waals surface area (Å²) >= 11 is 0. The van der Waals surface area contributed by atoms with Gasteiger partial charge in [-0.15, -0.1) is 0 Å². The number of esters is 1. The molecule has 3 heterocycles. The zero-order valence-electron chi connectivity index (χ0n) is 16.2. The summed E-state index contributed by atoms with van der Waals surface area (Å²) in [5, 5.41) is 9.10. The molecule has 0 saturated carbocycles. The molecule has 146 valence electrons. The predicted molar refractivity (Wildman–Crippen MR) is 108 cm³/mol. The van der Waals surface area contributed by atoms with Crippen LogP contribution in [0, 0.1) is 6.92 Å². The number of ether oxygens (including phenoxy) is 1. The topological polar surface area (TPSA) is 78.5 Å². The van der Waals surface area contributed by atoms with Crippen LogP contribution in [0.2, 0.25) is 0 Å². The van der Waals surface area contributed by atoms with E-state index in [9.17, 15) is 9.59 Å². The SMILES string of the molecule is CCOC(=O)c1cc(C)n(Cc2cccc3cc(-c4cccc(C=O)c4)nn23)n1. The van der Waals surface area contributed by atoms with Crippen molar-refractivity contribution < 1.29 is 14.3 Å². The molecule has 0 radical (unpaired) electrons. The van der Waals surface area contributed by atoms with Gasteiger partial charge in [0, 0.05) is 16.8 Å². The summed E-state index contributed by atoms with van der Waals surface area (Å²) in [6, 6.07) is 17.0. The van der Waals surface area contributed by atoms with Gasteiger partial charge in [0.25, 0.3) is 0 Å². The van der Waals surface area contributed by atoms with Gasteiger partial charge in [-0.3, -0.25) is 9.48 Å². The molecule has 0 spiro atoms. The first-order valence-corrected chi connectivity index (χ1v) is 9.34. The van der Waals surface area contributed by atoms with E-state index in [1.807, 2.05) is 53.9 Å². The molecule has 0 atom stereocenters. The predicted octanol–water partition coefficient (Wildman–Crippen LogP) is 3.54. The van der Waals surface area contributed by atoms with Crippen molar-refractivity contribution in [2.24, 2.45) is 0 Å². The number of aryl methyl sites for hydroxylation is 1. The van der Waals surface area contributed by atoms with E-state index in [1.165, 1.54) is 0 Å². The first kappa shape index (κ1) is 18.6. The number of hydrogen-bond acceptors (Lipinski definition) is 5. The van der Waals surface area contributed by atoms with E-state index < -0.39 is 5.97 Å². The average molecular weight is 388 g/mol. The molecule has 0 aliphatic heterocycles. The molecule has 0 bridgehead atoms. The summed E-state index contributed by atoms with van der Waals surface area (Å²) < 4.78 is 8.65. The van der Waals surface area contributed by atoms with Gasteiger partial charge in [-0.05, 0) is 44.2 Å². The number of carbonyl (C=O) groups is 2. The molecule has 1 aromatic carbocycles. The van der Waals surface area contributed by atoms with Crippen LogP contribution >= 0.6 is 0 Å². The van der Waals surface area contributed by atoms with Gasteiger partial charge in [0.05, 0.1) is 30.1 Å². The van der Waals surface area contributed by atoms with Crippen LogP contribution < -0.4 is 0 Å². The second-order valence-electron chi connectivity index (χ2n) is 6.68. The molecule has 0 aliphatic rings. The van der Waals surface area contributed by atoms with Crippen LogP contribution in [0.4, 0.5) is 0 Å². The van der Waals surface area contributed by atoms with Crippen molar-refractivity contribution in [1.29, 1.82) is 0 Å². The minimum absolute atomic E-state index is 0.295. The number of nitrogens with zero attached hydrogens (tertiary/aromatic N) is 4. The first-order valence-electron chi connectivity index (χ1n) is 9.34. The van der Waals surface area contributed by atoms with Crippen molar-refractivity contribution in [2.45, 2.75) is 20.4 Å². The Morgan fingerprint density at radius 3 is 2.72 bits per heavy atom. The Bertz CT molecular complexity index is 1210. The van der Waals surface area contributed by atoms with Crippen molar-refractivity contribution in [3.63, 3.8) is 0 Å². The Morgan fingerprint density at radius 1 is 1.10 bits per heavy atom. The number of fused-ring (bicyclic) bond motifs is 1. The zero-order valence-corrected chi connectivity index (χ0v) is 16.2. The van der Waals surface area contributed by atoms with Crippen LogP contribution in [-0.4, -0.2) is 38.3 Å². The molecule has 4 rings (SSSR count). The molecule has 0 aliphatic carbocycles. The molecule has 29 heavy (non-hydrogen) atoms. The van der Waals surface area contributed by atoms with E-state index in [-0.39, 0.29) is 0 Å². The molecule has 7 nitrogen and oxygen atoms in total. The minimum atomic E-state index is -0.427. The minimum Gasteiger partial charge on any atom is -0.461 e. The van der Waals surface area contributed by atoms with Crippen LogP contribution in [0.5, 0.6) is 0 Å². The van der Waals surface area contributed by atoms with E-state index in [0.717, 1.165) is 34.4 Å². The Labute approximate surface area is 167 Å². The van der Waals surface area contributed by atoms with E-state index >= 15 is 0 Å². The molecule has 0 fully saturated rings. The number of aldehydes is 1. The van der Waals surface area contributed by atoms with E-state index in [2.05, 4.69) is 5.10 Å². The van der Waals surface area contributed by atoms with Crippen LogP contribution in [0.25, 0.3) is 16.8 Å². The van der Waals surface area contributed by atoms with Crippen molar-refractivity contribution in [3.05, 3.63) is 77.2 Å². The lowest BCUT2D eigenvalue weighted by Gasteiger charge is -2.07. The third-order valence-corrected chi connectivity index (χ3v) is 4.66. The lowest BCUT2D eigenvalue weighted by molar-refractivity contribution is 0.0518. The summed E-state index contributed by atoms with van der Waals surface area (Å²) in [7, 11) is 0. The smallest absolute Gasteiger partial charge is 0.358 e. The number of aromatic nitrogens is 4. The molecule has 3 aromatic heterocycles. The standard InChI is InChI=1S/C22H20N4O3/c1-3-29-22(28)21-10-15(2)25(23-21)13-19-9-5-8-18-12-20(24-26(18)19)17-7-4-6-16(11-17)14-27/h4-12,14H,3,13H2,1-2H3. The maximum absolute atomic E-state index is 11.9. The highest BCUT2D eigenvalue weighted by Gasteiger charge is 2.15. The van der Waals surface area contributed by atoms with Gasteiger partial charge < -0.3 is 4.74 Å². The molecular formula is C22H20N4O3. The summed E-state index contributed by atoms with van der Waals surface area (Å²) in [4.78, 5) is 23.0. The maximum Gasteiger partial charge on any atom is 0.358 e. The number of hydrogen-bond donors (Lipinski definition) is 0. The molecule has 0 saturated heterocycles. The third kappa shape index (κ3) is 3.67. The normalized spacial score (nSPS) is 11.0. The van der Waals surface area contributed by atoms with Crippen LogP contribution in [-0.2, 0) is 11.3 Å². The van der Waals surface area contributed by atoms with E-state index in [1.54, 1.807) is 23.7 Å². The van der Waals surface area contributed by atoms with Crippen molar-refractivity contribution in [2.75, 3.05) is 6.61 Å². The quantitative estimate of drug-likeness (QED) is 0.373. The molecule has 0 amide bonds. The van der Waals surface area contributed by atoms with Gasteiger partial charge in [-0.2, -0.15) is 10.2 Å². The van der Waals surface area contributed by atoms with Gasteiger partial charge >= 0.3 is 5.97 Å². The number of pyridine rings is 1. The fourth-order valence-electron chi connectivity index (χ4n) is 3.23. The second-order valence-corrected chi connectivity index (χ2v) is 6.68. The number of benzene rings is 1. The number of rotatable bonds is 6. The van der Waals surface area contributed by atoms with E-state index in [0.29, 0.717) is 24.4 Å². The highest BCUT2D eigenvalue weighted by molar-refractivity contribution is 5.87. The van der Waals surface area contributed by atoms with E-state index in [4.69, 9.17) is 9.84 Å². The lowest BCUT2D eigenvalue weighted by atomic mass is 10.1. The summed E-state index contributed by atoms with van der Waals surface area (Å²) in [6.45, 7) is 4.43. The Balaban J connectivity index is 1.69. The molecule has 4 aromatic rings. The number of carbonyl (C=O) groups excluding carboxylic acids is 2. The van der Waals surface area contributed by atoms with Crippen LogP contribution in [0.1, 0.15) is 39.2 Å². The first-order chi connectivity index (χ1) is 14.1. The monoisotopic (exact) mass is 388 g/mol. The van der Waals surface area contributed by atoms with Gasteiger partial charge in [0.2, 0.25) is 0 Å². The Morgan fingerprint density at radius 2 is 1.93 bits per heavy atom. The average Bonchev–Trinajstić information content (AvgIpc) is 3.33. The lowest BCUT2D eigenvalue weighted by Crippen LogP contribution is -2.10. The third-order valence-electron chi connectivity index (χ3n) is 4.66. The van der Waals surface area contributed by atoms with Gasteiger partial charge in [0.1, 0.15) is 6.29 Å². The second kappa shape index (κ2) is 7.71. The van der Waals surface area contributed by atoms with Crippen LogP contribution in [0.15, 0.2) is 54.6 Å².